The van der Waals surface area contributed by atoms with Gasteiger partial charge in [0.1, 0.15) is 18.2 Å². The lowest BCUT2D eigenvalue weighted by molar-refractivity contribution is -0.120. The first-order valence-electron chi connectivity index (χ1n) is 9.38. The van der Waals surface area contributed by atoms with E-state index in [1.54, 1.807) is 36.4 Å². The molecule has 0 atom stereocenters. The van der Waals surface area contributed by atoms with E-state index in [2.05, 4.69) is 10.3 Å². The third-order valence-corrected chi connectivity index (χ3v) is 5.02. The zero-order valence-electron chi connectivity index (χ0n) is 16.1. The summed E-state index contributed by atoms with van der Waals surface area (Å²) in [6, 6.07) is 16.5. The summed E-state index contributed by atoms with van der Waals surface area (Å²) >= 11 is 5.76. The van der Waals surface area contributed by atoms with Crippen LogP contribution in [0.25, 0.3) is 0 Å². The smallest absolute Gasteiger partial charge is 0.244 e. The zero-order valence-corrected chi connectivity index (χ0v) is 16.9. The fraction of sp³-hybridized carbons (Fsp3) is 0.0870. The van der Waals surface area contributed by atoms with Crippen LogP contribution < -0.4 is 10.2 Å². The molecule has 0 unspecified atom stereocenters. The van der Waals surface area contributed by atoms with E-state index in [4.69, 9.17) is 11.6 Å². The lowest BCUT2D eigenvalue weighted by Crippen LogP contribution is -2.38. The molecule has 0 spiro atoms. The molecular weight excluding hydrogens is 424 g/mol. The number of amides is 2. The summed E-state index contributed by atoms with van der Waals surface area (Å²) in [4.78, 5) is 31.6. The molecule has 2 amide bonds. The zero-order chi connectivity index (χ0) is 22.0. The minimum absolute atomic E-state index is 0.0596. The third kappa shape index (κ3) is 4.62. The average Bonchev–Trinajstić information content (AvgIpc) is 2.88. The van der Waals surface area contributed by atoms with Gasteiger partial charge in [-0.05, 0) is 48.0 Å². The van der Waals surface area contributed by atoms with Crippen LogP contribution in [0.15, 0.2) is 71.7 Å². The number of para-hydroxylation sites is 2. The molecule has 1 aliphatic rings. The number of fused-ring (bicyclic) bond motifs is 1. The Morgan fingerprint density at radius 1 is 1.06 bits per heavy atom. The number of carbonyl (C=O) groups is 2. The molecule has 5 nitrogen and oxygen atoms in total. The standard InChI is InChI=1S/C23H16ClF2N3O2/c24-17-11-16(9-10-18(17)26)27-22(30)13-29-21-4-2-1-3-19(21)28-20(12-23(29)31)14-5-7-15(25)8-6-14/h1-11H,12-13H2,(H,27,30). The predicted molar refractivity (Wildman–Crippen MR) is 116 cm³/mol. The molecule has 3 aromatic carbocycles. The number of carbonyl (C=O) groups excluding carboxylic acids is 2. The molecule has 0 fully saturated rings. The molecular formula is C23H16ClF2N3O2. The number of aliphatic imine (C=N–C) groups is 1. The van der Waals surface area contributed by atoms with Crippen LogP contribution in [0.5, 0.6) is 0 Å². The second kappa shape index (κ2) is 8.65. The minimum Gasteiger partial charge on any atom is -0.324 e. The van der Waals surface area contributed by atoms with E-state index in [0.29, 0.717) is 28.3 Å². The number of nitrogens with one attached hydrogen (secondary N) is 1. The summed E-state index contributed by atoms with van der Waals surface area (Å²) in [5.41, 5.74) is 2.42. The Balaban J connectivity index is 1.59. The largest absolute Gasteiger partial charge is 0.324 e. The maximum Gasteiger partial charge on any atom is 0.244 e. The van der Waals surface area contributed by atoms with Crippen LogP contribution in [-0.4, -0.2) is 24.1 Å². The Bertz CT molecular complexity index is 1200. The van der Waals surface area contributed by atoms with Crippen LogP contribution in [0, 0.1) is 11.6 Å². The van der Waals surface area contributed by atoms with E-state index in [1.807, 2.05) is 0 Å². The number of hydrogen-bond acceptors (Lipinski definition) is 3. The SMILES string of the molecule is O=C(CN1C(=O)CC(c2ccc(F)cc2)=Nc2ccccc21)Nc1ccc(F)c(Cl)c1. The van der Waals surface area contributed by atoms with Crippen molar-refractivity contribution in [1.29, 1.82) is 0 Å². The van der Waals surface area contributed by atoms with Gasteiger partial charge in [0.2, 0.25) is 11.8 Å². The lowest BCUT2D eigenvalue weighted by atomic mass is 10.1. The second-order valence-electron chi connectivity index (χ2n) is 6.89. The first-order chi connectivity index (χ1) is 14.9. The monoisotopic (exact) mass is 439 g/mol. The van der Waals surface area contributed by atoms with Crippen molar-refractivity contribution < 1.29 is 18.4 Å². The van der Waals surface area contributed by atoms with E-state index in [0.717, 1.165) is 6.07 Å². The van der Waals surface area contributed by atoms with Gasteiger partial charge in [0.15, 0.2) is 0 Å². The highest BCUT2D eigenvalue weighted by Crippen LogP contribution is 2.33. The Morgan fingerprint density at radius 3 is 2.55 bits per heavy atom. The number of halogens is 3. The number of hydrogen-bond donors (Lipinski definition) is 1. The van der Waals surface area contributed by atoms with Crippen molar-refractivity contribution in [2.45, 2.75) is 6.42 Å². The Labute approximate surface area is 182 Å². The Morgan fingerprint density at radius 2 is 1.81 bits per heavy atom. The van der Waals surface area contributed by atoms with E-state index in [-0.39, 0.29) is 29.7 Å². The van der Waals surface area contributed by atoms with E-state index in [9.17, 15) is 18.4 Å². The molecule has 0 aliphatic carbocycles. The molecule has 31 heavy (non-hydrogen) atoms. The predicted octanol–water partition coefficient (Wildman–Crippen LogP) is 5.11. The summed E-state index contributed by atoms with van der Waals surface area (Å²) in [5, 5.41) is 2.50. The highest BCUT2D eigenvalue weighted by Gasteiger charge is 2.26. The number of rotatable bonds is 4. The van der Waals surface area contributed by atoms with Crippen molar-refractivity contribution in [3.8, 4) is 0 Å². The fourth-order valence-electron chi connectivity index (χ4n) is 3.25. The molecule has 1 N–H and O–H groups in total. The van der Waals surface area contributed by atoms with Gasteiger partial charge in [0, 0.05) is 5.69 Å². The Kier molecular flexibility index (Phi) is 5.77. The number of benzene rings is 3. The second-order valence-corrected chi connectivity index (χ2v) is 7.30. The molecule has 0 saturated heterocycles. The van der Waals surface area contributed by atoms with E-state index < -0.39 is 11.7 Å². The van der Waals surface area contributed by atoms with Crippen LogP contribution in [0.1, 0.15) is 12.0 Å². The quantitative estimate of drug-likeness (QED) is 0.613. The van der Waals surface area contributed by atoms with Gasteiger partial charge in [-0.3, -0.25) is 14.6 Å². The van der Waals surface area contributed by atoms with E-state index >= 15 is 0 Å². The highest BCUT2D eigenvalue weighted by molar-refractivity contribution is 6.31. The van der Waals surface area contributed by atoms with Gasteiger partial charge < -0.3 is 10.2 Å². The van der Waals surface area contributed by atoms with Gasteiger partial charge in [-0.25, -0.2) is 8.78 Å². The molecule has 8 heteroatoms. The van der Waals surface area contributed by atoms with Gasteiger partial charge in [-0.15, -0.1) is 0 Å². The minimum atomic E-state index is -0.596. The van der Waals surface area contributed by atoms with Crippen molar-refractivity contribution in [2.24, 2.45) is 4.99 Å². The molecule has 0 bridgehead atoms. The first kappa shape index (κ1) is 20.7. The molecule has 0 aromatic heterocycles. The summed E-state index contributed by atoms with van der Waals surface area (Å²) in [6.45, 7) is -0.267. The van der Waals surface area contributed by atoms with Crippen LogP contribution in [0.3, 0.4) is 0 Å². The van der Waals surface area contributed by atoms with Gasteiger partial charge in [0.05, 0.1) is 28.5 Å². The topological polar surface area (TPSA) is 61.8 Å². The van der Waals surface area contributed by atoms with Crippen LogP contribution in [0.2, 0.25) is 5.02 Å². The van der Waals surface area contributed by atoms with Crippen LogP contribution in [-0.2, 0) is 9.59 Å². The van der Waals surface area contributed by atoms with Crippen LogP contribution >= 0.6 is 11.6 Å². The van der Waals surface area contributed by atoms with E-state index in [1.165, 1.54) is 29.2 Å². The van der Waals surface area contributed by atoms with Crippen molar-refractivity contribution in [3.63, 3.8) is 0 Å². The average molecular weight is 440 g/mol. The maximum atomic E-state index is 13.3. The summed E-state index contributed by atoms with van der Waals surface area (Å²) in [6.07, 6.45) is -0.0596. The Hall–Kier alpha value is -3.58. The molecule has 0 radical (unpaired) electrons. The normalized spacial score (nSPS) is 13.3. The molecule has 156 valence electrons. The fourth-order valence-corrected chi connectivity index (χ4v) is 3.43. The van der Waals surface area contributed by atoms with Gasteiger partial charge in [-0.2, -0.15) is 0 Å². The van der Waals surface area contributed by atoms with Crippen molar-refractivity contribution >= 4 is 46.2 Å². The third-order valence-electron chi connectivity index (χ3n) is 4.73. The van der Waals surface area contributed by atoms with Crippen molar-refractivity contribution in [1.82, 2.24) is 0 Å². The molecule has 1 aliphatic heterocycles. The summed E-state index contributed by atoms with van der Waals surface area (Å²) in [7, 11) is 0. The molecule has 3 aromatic rings. The highest BCUT2D eigenvalue weighted by atomic mass is 35.5. The van der Waals surface area contributed by atoms with Crippen LogP contribution in [0.4, 0.5) is 25.8 Å². The maximum absolute atomic E-state index is 13.3. The van der Waals surface area contributed by atoms with Gasteiger partial charge in [0.25, 0.3) is 0 Å². The molecule has 0 saturated carbocycles. The lowest BCUT2D eigenvalue weighted by Gasteiger charge is -2.22. The van der Waals surface area contributed by atoms with Crippen molar-refractivity contribution in [2.75, 3.05) is 16.8 Å². The summed E-state index contributed by atoms with van der Waals surface area (Å²) < 4.78 is 26.6. The number of nitrogens with zero attached hydrogens (tertiary/aromatic N) is 2. The van der Waals surface area contributed by atoms with Crippen molar-refractivity contribution in [3.05, 3.63) is 89.0 Å². The number of anilines is 2. The van der Waals surface area contributed by atoms with Gasteiger partial charge in [-0.1, -0.05) is 35.9 Å². The molecule has 1 heterocycles. The molecule has 4 rings (SSSR count). The summed E-state index contributed by atoms with van der Waals surface area (Å²) in [5.74, 6) is -1.79. The van der Waals surface area contributed by atoms with Gasteiger partial charge >= 0.3 is 0 Å². The first-order valence-corrected chi connectivity index (χ1v) is 9.76.